The lowest BCUT2D eigenvalue weighted by Gasteiger charge is -2.09. The summed E-state index contributed by atoms with van der Waals surface area (Å²) >= 11 is 3.21. The predicted molar refractivity (Wildman–Crippen MR) is 76.5 cm³/mol. The fourth-order valence-corrected chi connectivity index (χ4v) is 1.85. The van der Waals surface area contributed by atoms with E-state index in [4.69, 9.17) is 4.74 Å². The van der Waals surface area contributed by atoms with Crippen LogP contribution < -0.4 is 10.1 Å². The summed E-state index contributed by atoms with van der Waals surface area (Å²) in [6.45, 7) is 6.97. The van der Waals surface area contributed by atoms with Gasteiger partial charge in [-0.05, 0) is 50.0 Å². The monoisotopic (exact) mass is 317 g/mol. The van der Waals surface area contributed by atoms with Crippen molar-refractivity contribution in [1.82, 2.24) is 5.32 Å². The van der Waals surface area contributed by atoms with E-state index in [-0.39, 0.29) is 5.82 Å². The maximum atomic E-state index is 13.4. The van der Waals surface area contributed by atoms with Gasteiger partial charge in [0.15, 0.2) is 11.6 Å². The van der Waals surface area contributed by atoms with Gasteiger partial charge in [-0.15, -0.1) is 0 Å². The lowest BCUT2D eigenvalue weighted by atomic mass is 10.2. The average Bonchev–Trinajstić information content (AvgIpc) is 2.30. The molecule has 102 valence electrons. The van der Waals surface area contributed by atoms with Crippen LogP contribution in [0.4, 0.5) is 4.39 Å². The number of rotatable bonds is 8. The van der Waals surface area contributed by atoms with Crippen LogP contribution in [0.5, 0.6) is 5.75 Å². The maximum Gasteiger partial charge on any atom is 0.166 e. The minimum absolute atomic E-state index is 0.317. The molecule has 1 rings (SSSR count). The van der Waals surface area contributed by atoms with E-state index >= 15 is 0 Å². The number of unbranched alkanes of at least 4 members (excludes halogenated alkanes) is 1. The molecule has 0 aliphatic carbocycles. The largest absolute Gasteiger partial charge is 0.491 e. The molecular weight excluding hydrogens is 297 g/mol. The Morgan fingerprint density at radius 2 is 2.11 bits per heavy atom. The van der Waals surface area contributed by atoms with E-state index in [2.05, 4.69) is 35.1 Å². The van der Waals surface area contributed by atoms with Gasteiger partial charge in [0, 0.05) is 4.47 Å². The molecular formula is C14H21BrFNO. The van der Waals surface area contributed by atoms with Crippen LogP contribution in [0.25, 0.3) is 0 Å². The van der Waals surface area contributed by atoms with Crippen molar-refractivity contribution in [3.63, 3.8) is 0 Å². The minimum Gasteiger partial charge on any atom is -0.491 e. The van der Waals surface area contributed by atoms with E-state index in [1.54, 1.807) is 12.1 Å². The average molecular weight is 318 g/mol. The van der Waals surface area contributed by atoms with Gasteiger partial charge in [0.2, 0.25) is 0 Å². The molecule has 1 aromatic carbocycles. The molecule has 0 saturated carbocycles. The Balaban J connectivity index is 2.11. The Bertz CT molecular complexity index is 358. The van der Waals surface area contributed by atoms with Crippen molar-refractivity contribution in [3.8, 4) is 5.75 Å². The maximum absolute atomic E-state index is 13.4. The molecule has 4 heteroatoms. The summed E-state index contributed by atoms with van der Waals surface area (Å²) in [6, 6.07) is 4.85. The molecule has 0 aromatic heterocycles. The first-order chi connectivity index (χ1) is 8.59. The lowest BCUT2D eigenvalue weighted by molar-refractivity contribution is 0.291. The summed E-state index contributed by atoms with van der Waals surface area (Å²) in [7, 11) is 0. The predicted octanol–water partition coefficient (Wildman–Crippen LogP) is 3.99. The zero-order chi connectivity index (χ0) is 13.4. The molecule has 0 bridgehead atoms. The van der Waals surface area contributed by atoms with Crippen LogP contribution >= 0.6 is 15.9 Å². The Hall–Kier alpha value is -0.610. The quantitative estimate of drug-likeness (QED) is 0.732. The SMILES string of the molecule is CC(C)CNCCCCOc1ccc(Br)cc1F. The van der Waals surface area contributed by atoms with E-state index in [9.17, 15) is 4.39 Å². The van der Waals surface area contributed by atoms with Crippen LogP contribution in [-0.4, -0.2) is 19.7 Å². The minimum atomic E-state index is -0.317. The summed E-state index contributed by atoms with van der Waals surface area (Å²) in [4.78, 5) is 0. The molecule has 18 heavy (non-hydrogen) atoms. The molecule has 0 aliphatic rings. The summed E-state index contributed by atoms with van der Waals surface area (Å²) < 4.78 is 19.5. The molecule has 0 aliphatic heterocycles. The Labute approximate surface area is 117 Å². The second kappa shape index (κ2) is 8.48. The first-order valence-corrected chi connectivity index (χ1v) is 7.17. The summed E-state index contributed by atoms with van der Waals surface area (Å²) in [5.74, 6) is 0.689. The second-order valence-electron chi connectivity index (χ2n) is 4.73. The Morgan fingerprint density at radius 1 is 1.33 bits per heavy atom. The third-order valence-corrected chi connectivity index (χ3v) is 2.95. The van der Waals surface area contributed by atoms with E-state index in [0.29, 0.717) is 18.3 Å². The summed E-state index contributed by atoms with van der Waals surface area (Å²) in [5, 5.41) is 3.37. The molecule has 0 atom stereocenters. The topological polar surface area (TPSA) is 21.3 Å². The van der Waals surface area contributed by atoms with Gasteiger partial charge in [0.25, 0.3) is 0 Å². The van der Waals surface area contributed by atoms with Gasteiger partial charge in [-0.3, -0.25) is 0 Å². The van der Waals surface area contributed by atoms with E-state index in [0.717, 1.165) is 30.4 Å². The highest BCUT2D eigenvalue weighted by molar-refractivity contribution is 9.10. The van der Waals surface area contributed by atoms with E-state index in [1.807, 2.05) is 0 Å². The van der Waals surface area contributed by atoms with Crippen molar-refractivity contribution in [2.24, 2.45) is 5.92 Å². The summed E-state index contributed by atoms with van der Waals surface area (Å²) in [6.07, 6.45) is 1.98. The molecule has 1 aromatic rings. The van der Waals surface area contributed by atoms with Crippen molar-refractivity contribution < 1.29 is 9.13 Å². The fourth-order valence-electron chi connectivity index (χ4n) is 1.52. The molecule has 0 heterocycles. The fraction of sp³-hybridized carbons (Fsp3) is 0.571. The number of ether oxygens (including phenoxy) is 1. The van der Waals surface area contributed by atoms with Crippen molar-refractivity contribution in [3.05, 3.63) is 28.5 Å². The van der Waals surface area contributed by atoms with Crippen LogP contribution in [0.1, 0.15) is 26.7 Å². The van der Waals surface area contributed by atoms with Gasteiger partial charge in [-0.25, -0.2) is 4.39 Å². The van der Waals surface area contributed by atoms with Crippen LogP contribution in [0, 0.1) is 11.7 Å². The number of hydrogen-bond acceptors (Lipinski definition) is 2. The van der Waals surface area contributed by atoms with Crippen molar-refractivity contribution in [1.29, 1.82) is 0 Å². The van der Waals surface area contributed by atoms with Gasteiger partial charge < -0.3 is 10.1 Å². The molecule has 0 radical (unpaired) electrons. The van der Waals surface area contributed by atoms with Gasteiger partial charge in [-0.2, -0.15) is 0 Å². The summed E-state index contributed by atoms with van der Waals surface area (Å²) in [5.41, 5.74) is 0. The first-order valence-electron chi connectivity index (χ1n) is 6.38. The van der Waals surface area contributed by atoms with E-state index in [1.165, 1.54) is 6.07 Å². The number of benzene rings is 1. The van der Waals surface area contributed by atoms with Crippen molar-refractivity contribution >= 4 is 15.9 Å². The molecule has 0 spiro atoms. The zero-order valence-corrected chi connectivity index (χ0v) is 12.6. The van der Waals surface area contributed by atoms with Crippen molar-refractivity contribution in [2.45, 2.75) is 26.7 Å². The van der Waals surface area contributed by atoms with Crippen LogP contribution in [0.3, 0.4) is 0 Å². The van der Waals surface area contributed by atoms with Crippen LogP contribution in [-0.2, 0) is 0 Å². The lowest BCUT2D eigenvalue weighted by Crippen LogP contribution is -2.21. The molecule has 2 nitrogen and oxygen atoms in total. The Kier molecular flexibility index (Phi) is 7.28. The second-order valence-corrected chi connectivity index (χ2v) is 5.64. The molecule has 1 N–H and O–H groups in total. The molecule has 0 amide bonds. The molecule has 0 fully saturated rings. The highest BCUT2D eigenvalue weighted by atomic mass is 79.9. The standard InChI is InChI=1S/C14H21BrFNO/c1-11(2)10-17-7-3-4-8-18-14-6-5-12(15)9-13(14)16/h5-6,9,11,17H,3-4,7-8,10H2,1-2H3. The first kappa shape index (κ1) is 15.4. The van der Waals surface area contributed by atoms with Gasteiger partial charge in [0.1, 0.15) is 0 Å². The molecule has 0 unspecified atom stereocenters. The highest BCUT2D eigenvalue weighted by Crippen LogP contribution is 2.21. The zero-order valence-electron chi connectivity index (χ0n) is 11.0. The highest BCUT2D eigenvalue weighted by Gasteiger charge is 2.03. The number of nitrogens with one attached hydrogen (secondary N) is 1. The number of halogens is 2. The van der Waals surface area contributed by atoms with Gasteiger partial charge in [0.05, 0.1) is 6.61 Å². The van der Waals surface area contributed by atoms with Gasteiger partial charge in [-0.1, -0.05) is 29.8 Å². The van der Waals surface area contributed by atoms with Crippen molar-refractivity contribution in [2.75, 3.05) is 19.7 Å². The van der Waals surface area contributed by atoms with Crippen LogP contribution in [0.2, 0.25) is 0 Å². The molecule has 0 saturated heterocycles. The normalized spacial score (nSPS) is 10.9. The van der Waals surface area contributed by atoms with Crippen LogP contribution in [0.15, 0.2) is 22.7 Å². The smallest absolute Gasteiger partial charge is 0.166 e. The van der Waals surface area contributed by atoms with E-state index < -0.39 is 0 Å². The Morgan fingerprint density at radius 3 is 2.78 bits per heavy atom. The third-order valence-electron chi connectivity index (χ3n) is 2.45. The third kappa shape index (κ3) is 6.36. The number of hydrogen-bond donors (Lipinski definition) is 1. The van der Waals surface area contributed by atoms with Gasteiger partial charge >= 0.3 is 0 Å².